The van der Waals surface area contributed by atoms with Crippen molar-refractivity contribution in [2.45, 2.75) is 38.6 Å². The van der Waals surface area contributed by atoms with Crippen LogP contribution in [0.3, 0.4) is 0 Å². The summed E-state index contributed by atoms with van der Waals surface area (Å²) >= 11 is 6.86. The van der Waals surface area contributed by atoms with Gasteiger partial charge in [-0.05, 0) is 37.5 Å². The zero-order valence-electron chi connectivity index (χ0n) is 17.4. The van der Waals surface area contributed by atoms with Gasteiger partial charge in [-0.1, -0.05) is 54.1 Å². The van der Waals surface area contributed by atoms with Gasteiger partial charge in [-0.25, -0.2) is 4.68 Å². The second kappa shape index (κ2) is 8.36. The molecule has 0 bridgehead atoms. The Kier molecular flexibility index (Phi) is 5.42. The predicted octanol–water partition coefficient (Wildman–Crippen LogP) is 4.64. The predicted molar refractivity (Wildman–Crippen MR) is 120 cm³/mol. The summed E-state index contributed by atoms with van der Waals surface area (Å²) in [6.45, 7) is 3.78. The lowest BCUT2D eigenvalue weighted by molar-refractivity contribution is 0.0426. The van der Waals surface area contributed by atoms with E-state index < -0.39 is 6.17 Å². The van der Waals surface area contributed by atoms with Gasteiger partial charge in [0.05, 0.1) is 29.5 Å². The molecule has 1 amide bonds. The van der Waals surface area contributed by atoms with Crippen LogP contribution in [0.1, 0.15) is 46.2 Å². The molecule has 2 atom stereocenters. The number of carbonyl (C=O) groups is 1. The molecule has 1 fully saturated rings. The Morgan fingerprint density at radius 2 is 1.94 bits per heavy atom. The SMILES string of the molecule is Cc1nn(Cc2ccccc2)c(Cl)c1[C@H]1Nc2ccccc2C(=O)N1C[C@H]1CCCO1. The van der Waals surface area contributed by atoms with Crippen molar-refractivity contribution < 1.29 is 9.53 Å². The number of hydrogen-bond donors (Lipinski definition) is 1. The number of para-hydroxylation sites is 1. The Morgan fingerprint density at radius 3 is 2.71 bits per heavy atom. The van der Waals surface area contributed by atoms with Crippen molar-refractivity contribution in [3.63, 3.8) is 0 Å². The number of fused-ring (bicyclic) bond motifs is 1. The van der Waals surface area contributed by atoms with Gasteiger partial charge < -0.3 is 15.0 Å². The number of amides is 1. The first-order valence-electron chi connectivity index (χ1n) is 10.7. The number of aryl methyl sites for hydroxylation is 1. The Morgan fingerprint density at radius 1 is 1.16 bits per heavy atom. The van der Waals surface area contributed by atoms with Gasteiger partial charge in [0.1, 0.15) is 11.3 Å². The van der Waals surface area contributed by atoms with E-state index in [1.807, 2.05) is 54.3 Å². The van der Waals surface area contributed by atoms with Crippen LogP contribution in [-0.2, 0) is 11.3 Å². The van der Waals surface area contributed by atoms with E-state index in [1.54, 1.807) is 4.68 Å². The lowest BCUT2D eigenvalue weighted by atomic mass is 10.0. The number of carbonyl (C=O) groups excluding carboxylic acids is 1. The summed E-state index contributed by atoms with van der Waals surface area (Å²) in [6, 6.07) is 17.7. The van der Waals surface area contributed by atoms with Crippen molar-refractivity contribution in [2.24, 2.45) is 0 Å². The molecule has 3 heterocycles. The summed E-state index contributed by atoms with van der Waals surface area (Å²) in [7, 11) is 0. The van der Waals surface area contributed by atoms with Crippen molar-refractivity contribution in [1.29, 1.82) is 0 Å². The van der Waals surface area contributed by atoms with E-state index in [0.29, 0.717) is 23.8 Å². The maximum Gasteiger partial charge on any atom is 0.257 e. The van der Waals surface area contributed by atoms with Crippen molar-refractivity contribution in [2.75, 3.05) is 18.5 Å². The number of anilines is 1. The first kappa shape index (κ1) is 20.1. The van der Waals surface area contributed by atoms with Crippen molar-refractivity contribution in [3.8, 4) is 0 Å². The topological polar surface area (TPSA) is 59.4 Å². The highest BCUT2D eigenvalue weighted by molar-refractivity contribution is 6.30. The van der Waals surface area contributed by atoms with Crippen LogP contribution in [0.4, 0.5) is 5.69 Å². The number of ether oxygens (including phenoxy) is 1. The van der Waals surface area contributed by atoms with E-state index in [-0.39, 0.29) is 12.0 Å². The van der Waals surface area contributed by atoms with Crippen LogP contribution in [0, 0.1) is 6.92 Å². The lowest BCUT2D eigenvalue weighted by Crippen LogP contribution is -2.46. The van der Waals surface area contributed by atoms with Crippen LogP contribution in [0.5, 0.6) is 0 Å². The van der Waals surface area contributed by atoms with E-state index in [1.165, 1.54) is 0 Å². The van der Waals surface area contributed by atoms with Crippen molar-refractivity contribution in [1.82, 2.24) is 14.7 Å². The summed E-state index contributed by atoms with van der Waals surface area (Å²) in [6.07, 6.45) is 1.62. The quantitative estimate of drug-likeness (QED) is 0.633. The number of benzene rings is 2. The van der Waals surface area contributed by atoms with E-state index in [2.05, 4.69) is 17.4 Å². The Labute approximate surface area is 186 Å². The molecule has 2 aliphatic rings. The van der Waals surface area contributed by atoms with Crippen LogP contribution in [0.25, 0.3) is 0 Å². The van der Waals surface area contributed by atoms with Crippen LogP contribution >= 0.6 is 11.6 Å². The fourth-order valence-corrected chi connectivity index (χ4v) is 4.79. The number of aromatic nitrogens is 2. The molecule has 6 nitrogen and oxygen atoms in total. The molecule has 160 valence electrons. The molecule has 0 radical (unpaired) electrons. The summed E-state index contributed by atoms with van der Waals surface area (Å²) in [5.74, 6) is -0.0128. The molecule has 0 aliphatic carbocycles. The average Bonchev–Trinajstić information content (AvgIpc) is 3.39. The largest absolute Gasteiger partial charge is 0.376 e. The Bertz CT molecular complexity index is 1090. The van der Waals surface area contributed by atoms with Crippen LogP contribution in [0.2, 0.25) is 5.15 Å². The summed E-state index contributed by atoms with van der Waals surface area (Å²) < 4.78 is 7.65. The minimum atomic E-state index is -0.399. The Hall–Kier alpha value is -2.83. The average molecular weight is 437 g/mol. The molecule has 7 heteroatoms. The highest BCUT2D eigenvalue weighted by atomic mass is 35.5. The van der Waals surface area contributed by atoms with Gasteiger partial charge in [-0.15, -0.1) is 0 Å². The van der Waals surface area contributed by atoms with Crippen LogP contribution in [-0.4, -0.2) is 39.8 Å². The third kappa shape index (κ3) is 3.82. The van der Waals surface area contributed by atoms with Gasteiger partial charge in [0, 0.05) is 18.8 Å². The third-order valence-electron chi connectivity index (χ3n) is 6.00. The number of rotatable bonds is 5. The molecule has 3 aromatic rings. The summed E-state index contributed by atoms with van der Waals surface area (Å²) in [5.41, 5.74) is 4.24. The van der Waals surface area contributed by atoms with E-state index in [4.69, 9.17) is 21.4 Å². The molecule has 0 spiro atoms. The minimum absolute atomic E-state index is 0.0128. The van der Waals surface area contributed by atoms with Crippen LogP contribution in [0.15, 0.2) is 54.6 Å². The second-order valence-electron chi connectivity index (χ2n) is 8.12. The molecule has 2 aromatic carbocycles. The van der Waals surface area contributed by atoms with Gasteiger partial charge in [0.2, 0.25) is 0 Å². The molecule has 0 saturated carbocycles. The summed E-state index contributed by atoms with van der Waals surface area (Å²) in [5, 5.41) is 8.79. The zero-order chi connectivity index (χ0) is 21.4. The molecule has 5 rings (SSSR count). The van der Waals surface area contributed by atoms with Crippen molar-refractivity contribution in [3.05, 3.63) is 82.1 Å². The van der Waals surface area contributed by atoms with Crippen LogP contribution < -0.4 is 5.32 Å². The molecule has 2 aliphatic heterocycles. The standard InChI is InChI=1S/C24H25ClN4O2/c1-16-21(22(25)29(27-16)14-17-8-3-2-4-9-17)23-26-20-12-6-5-11-19(20)24(30)28(23)15-18-10-7-13-31-18/h2-6,8-9,11-12,18,23,26H,7,10,13-15H2,1H3/t18-,23+/m1/s1. The maximum absolute atomic E-state index is 13.5. The first-order valence-corrected chi connectivity index (χ1v) is 11.0. The molecule has 1 N–H and O–H groups in total. The maximum atomic E-state index is 13.5. The highest BCUT2D eigenvalue weighted by Gasteiger charge is 2.38. The Balaban J connectivity index is 1.52. The summed E-state index contributed by atoms with van der Waals surface area (Å²) in [4.78, 5) is 15.3. The number of hydrogen-bond acceptors (Lipinski definition) is 4. The van der Waals surface area contributed by atoms with E-state index >= 15 is 0 Å². The van der Waals surface area contributed by atoms with Crippen molar-refractivity contribution >= 4 is 23.2 Å². The fraction of sp³-hybridized carbons (Fsp3) is 0.333. The number of halogens is 1. The molecular formula is C24H25ClN4O2. The molecule has 31 heavy (non-hydrogen) atoms. The smallest absolute Gasteiger partial charge is 0.257 e. The minimum Gasteiger partial charge on any atom is -0.376 e. The van der Waals surface area contributed by atoms with Gasteiger partial charge in [0.15, 0.2) is 0 Å². The normalized spacial score (nSPS) is 20.6. The van der Waals surface area contributed by atoms with Gasteiger partial charge >= 0.3 is 0 Å². The second-order valence-corrected chi connectivity index (χ2v) is 8.48. The van der Waals surface area contributed by atoms with Gasteiger partial charge in [-0.3, -0.25) is 4.79 Å². The van der Waals surface area contributed by atoms with Gasteiger partial charge in [0.25, 0.3) is 5.91 Å². The number of nitrogens with one attached hydrogen (secondary N) is 1. The monoisotopic (exact) mass is 436 g/mol. The first-order chi connectivity index (χ1) is 15.1. The molecule has 1 saturated heterocycles. The highest BCUT2D eigenvalue weighted by Crippen LogP contribution is 2.38. The third-order valence-corrected chi connectivity index (χ3v) is 6.40. The lowest BCUT2D eigenvalue weighted by Gasteiger charge is -2.39. The number of nitrogens with zero attached hydrogens (tertiary/aromatic N) is 3. The van der Waals surface area contributed by atoms with Gasteiger partial charge in [-0.2, -0.15) is 5.10 Å². The van der Waals surface area contributed by atoms with E-state index in [0.717, 1.165) is 42.0 Å². The zero-order valence-corrected chi connectivity index (χ0v) is 18.2. The molecule has 1 aromatic heterocycles. The molecular weight excluding hydrogens is 412 g/mol. The molecule has 0 unspecified atom stereocenters. The van der Waals surface area contributed by atoms with E-state index in [9.17, 15) is 4.79 Å². The fourth-order valence-electron chi connectivity index (χ4n) is 4.46.